The lowest BCUT2D eigenvalue weighted by atomic mass is 10.1. The van der Waals surface area contributed by atoms with E-state index in [0.29, 0.717) is 0 Å². The molecule has 0 atom stereocenters. The van der Waals surface area contributed by atoms with Gasteiger partial charge in [0.1, 0.15) is 0 Å². The Bertz CT molecular complexity index is 3830. The maximum atomic E-state index is 2.51. The van der Waals surface area contributed by atoms with Gasteiger partial charge in [0.15, 0.2) is 8.07 Å². The van der Waals surface area contributed by atoms with Gasteiger partial charge in [-0.2, -0.15) is 0 Å². The summed E-state index contributed by atoms with van der Waals surface area (Å²) < 4.78 is 7.34. The molecule has 0 saturated heterocycles. The zero-order valence-corrected chi connectivity index (χ0v) is 36.0. The minimum absolute atomic E-state index is 1.14. The third kappa shape index (κ3) is 5.33. The Balaban J connectivity index is 1.07. The quantitative estimate of drug-likeness (QED) is 0.112. The molecule has 0 N–H and O–H groups in total. The van der Waals surface area contributed by atoms with Crippen LogP contribution < -0.4 is 20.7 Å². The second kappa shape index (κ2) is 14.5. The summed E-state index contributed by atoms with van der Waals surface area (Å²) in [6.07, 6.45) is 0. The molecule has 0 aliphatic heterocycles. The van der Waals surface area contributed by atoms with Crippen LogP contribution in [-0.4, -0.2) is 21.8 Å². The fourth-order valence-electron chi connectivity index (χ4n) is 10.9. The van der Waals surface area contributed by atoms with Crippen LogP contribution >= 0.6 is 0 Å². The molecule has 0 radical (unpaired) electrons. The van der Waals surface area contributed by atoms with Gasteiger partial charge in [-0.3, -0.25) is 0 Å². The molecule has 3 heterocycles. The highest BCUT2D eigenvalue weighted by molar-refractivity contribution is 7.20. The monoisotopic (exact) mass is 831 g/mol. The summed E-state index contributed by atoms with van der Waals surface area (Å²) in [6, 6.07) is 92.3. The van der Waals surface area contributed by atoms with E-state index in [4.69, 9.17) is 0 Å². The Morgan fingerprint density at radius 3 is 1.00 bits per heavy atom. The van der Waals surface area contributed by atoms with Crippen LogP contribution in [0.1, 0.15) is 0 Å². The Kier molecular flexibility index (Phi) is 8.23. The van der Waals surface area contributed by atoms with E-state index in [9.17, 15) is 0 Å². The van der Waals surface area contributed by atoms with Crippen molar-refractivity contribution in [2.75, 3.05) is 0 Å². The lowest BCUT2D eigenvalue weighted by Crippen LogP contribution is -2.74. The van der Waals surface area contributed by atoms with Gasteiger partial charge in [-0.25, -0.2) is 0 Å². The van der Waals surface area contributed by atoms with Crippen molar-refractivity contribution >= 4 is 94.2 Å². The van der Waals surface area contributed by atoms with Gasteiger partial charge in [0.05, 0.1) is 33.1 Å². The molecule has 300 valence electrons. The maximum absolute atomic E-state index is 2.93. The molecule has 64 heavy (non-hydrogen) atoms. The van der Waals surface area contributed by atoms with Crippen LogP contribution in [0.25, 0.3) is 82.5 Å². The predicted molar refractivity (Wildman–Crippen MR) is 273 cm³/mol. The summed E-state index contributed by atoms with van der Waals surface area (Å²) in [4.78, 5) is 0. The van der Waals surface area contributed by atoms with Crippen molar-refractivity contribution in [3.8, 4) is 17.1 Å². The number of hydrogen-bond acceptors (Lipinski definition) is 0. The highest BCUT2D eigenvalue weighted by Gasteiger charge is 2.42. The standard InChI is InChI=1S/C60H41N3Si/c1-5-19-42(20-6-1)61-55-30-16-13-27-49(55)52-38-37-48(39-58(52)61)64(45-23-9-3-10-24-45,46-25-11-4-12-26-46)47-35-33-44(34-36-47)63-57-32-18-15-29-51(57)54-40-53-50-28-14-17-31-56(50)62(59(53)41-60(54)63)43-21-7-2-8-22-43/h1-41H. The minimum atomic E-state index is -2.93. The molecule has 0 unspecified atom stereocenters. The molecule has 3 aromatic heterocycles. The first-order valence-corrected chi connectivity index (χ1v) is 24.1. The van der Waals surface area contributed by atoms with E-state index in [1.54, 1.807) is 0 Å². The summed E-state index contributed by atoms with van der Waals surface area (Å²) >= 11 is 0. The first-order valence-electron chi connectivity index (χ1n) is 22.1. The van der Waals surface area contributed by atoms with Crippen LogP contribution in [0.5, 0.6) is 0 Å². The fraction of sp³-hybridized carbons (Fsp3) is 0. The summed E-state index contributed by atoms with van der Waals surface area (Å²) in [5.41, 5.74) is 10.7. The molecule has 13 aromatic rings. The molecule has 0 bridgehead atoms. The normalized spacial score (nSPS) is 12.1. The van der Waals surface area contributed by atoms with Crippen molar-refractivity contribution in [3.05, 3.63) is 249 Å². The highest BCUT2D eigenvalue weighted by Crippen LogP contribution is 2.40. The van der Waals surface area contributed by atoms with Crippen LogP contribution in [0.4, 0.5) is 0 Å². The van der Waals surface area contributed by atoms with Crippen LogP contribution in [0.15, 0.2) is 249 Å². The van der Waals surface area contributed by atoms with E-state index in [1.807, 2.05) is 0 Å². The van der Waals surface area contributed by atoms with Crippen LogP contribution in [0.2, 0.25) is 0 Å². The minimum Gasteiger partial charge on any atom is -0.309 e. The van der Waals surface area contributed by atoms with E-state index in [2.05, 4.69) is 262 Å². The maximum Gasteiger partial charge on any atom is 0.179 e. The van der Waals surface area contributed by atoms with E-state index in [0.717, 1.165) is 17.1 Å². The molecule has 0 amide bonds. The van der Waals surface area contributed by atoms with Gasteiger partial charge >= 0.3 is 0 Å². The van der Waals surface area contributed by atoms with Gasteiger partial charge in [0.25, 0.3) is 0 Å². The topological polar surface area (TPSA) is 14.8 Å². The van der Waals surface area contributed by atoms with E-state index in [-0.39, 0.29) is 0 Å². The lowest BCUT2D eigenvalue weighted by Gasteiger charge is -2.34. The predicted octanol–water partition coefficient (Wildman–Crippen LogP) is 12.4. The van der Waals surface area contributed by atoms with Crippen molar-refractivity contribution in [1.29, 1.82) is 0 Å². The Morgan fingerprint density at radius 1 is 0.203 bits per heavy atom. The van der Waals surface area contributed by atoms with Crippen LogP contribution in [-0.2, 0) is 0 Å². The van der Waals surface area contributed by atoms with Gasteiger partial charge < -0.3 is 13.7 Å². The Morgan fingerprint density at radius 2 is 0.531 bits per heavy atom. The van der Waals surface area contributed by atoms with E-state index < -0.39 is 8.07 Å². The van der Waals surface area contributed by atoms with E-state index in [1.165, 1.54) is 86.2 Å². The summed E-state index contributed by atoms with van der Waals surface area (Å²) in [5, 5.41) is 12.9. The van der Waals surface area contributed by atoms with Gasteiger partial charge in [0, 0.05) is 49.4 Å². The molecule has 0 aliphatic rings. The van der Waals surface area contributed by atoms with Crippen molar-refractivity contribution < 1.29 is 0 Å². The fourth-order valence-corrected chi connectivity index (χ4v) is 15.6. The molecule has 13 rings (SSSR count). The number of fused-ring (bicyclic) bond motifs is 9. The molecular formula is C60H41N3Si. The zero-order chi connectivity index (χ0) is 42.2. The Hall–Kier alpha value is -8.18. The zero-order valence-electron chi connectivity index (χ0n) is 35.0. The molecule has 0 aliphatic carbocycles. The number of aromatic nitrogens is 3. The smallest absolute Gasteiger partial charge is 0.179 e. The van der Waals surface area contributed by atoms with E-state index >= 15 is 0 Å². The average Bonchev–Trinajstić information content (AvgIpc) is 4.00. The van der Waals surface area contributed by atoms with Gasteiger partial charge in [-0.15, -0.1) is 0 Å². The number of benzene rings is 10. The molecule has 3 nitrogen and oxygen atoms in total. The third-order valence-corrected chi connectivity index (χ3v) is 18.3. The summed E-state index contributed by atoms with van der Waals surface area (Å²) in [7, 11) is -2.93. The van der Waals surface area contributed by atoms with Crippen molar-refractivity contribution in [3.63, 3.8) is 0 Å². The van der Waals surface area contributed by atoms with Gasteiger partial charge in [-0.1, -0.05) is 176 Å². The molecule has 0 spiro atoms. The third-order valence-electron chi connectivity index (χ3n) is 13.6. The SMILES string of the molecule is c1ccc(-n2c3ccccc3c3ccc([Si](c4ccccc4)(c4ccccc4)c4ccc(-n5c6ccccc6c6cc7c8ccccc8n(-c8ccccc8)c7cc65)cc4)cc32)cc1. The largest absolute Gasteiger partial charge is 0.309 e. The van der Waals surface area contributed by atoms with Crippen molar-refractivity contribution in [2.24, 2.45) is 0 Å². The lowest BCUT2D eigenvalue weighted by molar-refractivity contribution is 1.17. The summed E-state index contributed by atoms with van der Waals surface area (Å²) in [5.74, 6) is 0. The second-order valence-electron chi connectivity index (χ2n) is 16.9. The molecular weight excluding hydrogens is 791 g/mol. The number of hydrogen-bond donors (Lipinski definition) is 0. The summed E-state index contributed by atoms with van der Waals surface area (Å²) in [6.45, 7) is 0. The number of para-hydroxylation sites is 5. The van der Waals surface area contributed by atoms with Gasteiger partial charge in [-0.05, 0) is 93.5 Å². The molecule has 0 saturated carbocycles. The van der Waals surface area contributed by atoms with Gasteiger partial charge in [0.2, 0.25) is 0 Å². The van der Waals surface area contributed by atoms with Crippen molar-refractivity contribution in [1.82, 2.24) is 13.7 Å². The van der Waals surface area contributed by atoms with Crippen LogP contribution in [0.3, 0.4) is 0 Å². The Labute approximate surface area is 372 Å². The first-order chi connectivity index (χ1) is 31.8. The first kappa shape index (κ1) is 36.5. The molecule has 0 fully saturated rings. The van der Waals surface area contributed by atoms with Crippen LogP contribution in [0, 0.1) is 0 Å². The second-order valence-corrected chi connectivity index (χ2v) is 20.7. The molecule has 4 heteroatoms. The van der Waals surface area contributed by atoms with Crippen molar-refractivity contribution in [2.45, 2.75) is 0 Å². The average molecular weight is 832 g/mol. The number of nitrogens with zero attached hydrogens (tertiary/aromatic N) is 3. The highest BCUT2D eigenvalue weighted by atomic mass is 28.3. The molecule has 10 aromatic carbocycles. The number of rotatable bonds is 7.